The normalized spacial score (nSPS) is 19.0. The number of para-hydroxylation sites is 2. The number of carbonyl (C=O) groups excluding carboxylic acids is 3. The minimum absolute atomic E-state index is 0.104. The average molecular weight is 468 g/mol. The Bertz CT molecular complexity index is 1050. The zero-order chi connectivity index (χ0) is 24.1. The highest BCUT2D eigenvalue weighted by Crippen LogP contribution is 2.21. The molecule has 180 valence electrons. The molecule has 3 amide bonds. The number of nitrogens with one attached hydrogen (secondary N) is 2. The van der Waals surface area contributed by atoms with E-state index in [-0.39, 0.29) is 36.5 Å². The number of piperazine rings is 2. The lowest BCUT2D eigenvalue weighted by atomic mass is 10.1. The molecule has 2 aliphatic heterocycles. The topological polar surface area (TPSA) is 85.0 Å². The number of hydrogen-bond donors (Lipinski definition) is 2. The lowest BCUT2D eigenvalue weighted by Gasteiger charge is -2.39. The Kier molecular flexibility index (Phi) is 7.42. The molecule has 0 aliphatic carbocycles. The van der Waals surface area contributed by atoms with Gasteiger partial charge >= 0.3 is 0 Å². The van der Waals surface area contributed by atoms with E-state index in [4.69, 9.17) is 0 Å². The van der Waals surface area contributed by atoms with E-state index in [1.807, 2.05) is 41.0 Å². The fraction of sp³-hybridized carbons (Fsp3) is 0.400. The molecular weight excluding hydrogens is 437 g/mol. The SMILES string of the molecule is Cc1ccccc1NC(=O)C[C@@H]1C(=O)NCCN1C(=O)CN1CCN(c2ccccc2F)CC1. The molecule has 0 spiro atoms. The molecule has 2 aromatic rings. The minimum Gasteiger partial charge on any atom is -0.367 e. The summed E-state index contributed by atoms with van der Waals surface area (Å²) >= 11 is 0. The van der Waals surface area contributed by atoms with Crippen molar-refractivity contribution in [3.05, 3.63) is 59.9 Å². The van der Waals surface area contributed by atoms with Gasteiger partial charge in [-0.2, -0.15) is 0 Å². The Labute approximate surface area is 198 Å². The van der Waals surface area contributed by atoms with Crippen LogP contribution in [0.2, 0.25) is 0 Å². The predicted molar refractivity (Wildman–Crippen MR) is 128 cm³/mol. The molecule has 0 bridgehead atoms. The molecule has 0 saturated carbocycles. The Hall–Kier alpha value is -3.46. The summed E-state index contributed by atoms with van der Waals surface area (Å²) in [6.45, 7) is 5.22. The second-order valence-corrected chi connectivity index (χ2v) is 8.68. The summed E-state index contributed by atoms with van der Waals surface area (Å²) in [4.78, 5) is 43.8. The molecule has 0 aromatic heterocycles. The molecular formula is C25H30FN5O3. The number of benzene rings is 2. The standard InChI is InChI=1S/C25H30FN5O3/c1-18-6-2-4-8-20(18)28-23(32)16-22-25(34)27-10-11-31(22)24(33)17-29-12-14-30(15-13-29)21-9-5-3-7-19(21)26/h2-9,22H,10-17H2,1H3,(H,27,34)(H,28,32)/t22-/m1/s1. The third-order valence-corrected chi connectivity index (χ3v) is 6.37. The second kappa shape index (κ2) is 10.6. The first kappa shape index (κ1) is 23.7. The lowest BCUT2D eigenvalue weighted by molar-refractivity contribution is -0.145. The van der Waals surface area contributed by atoms with E-state index < -0.39 is 6.04 Å². The first-order chi connectivity index (χ1) is 16.4. The van der Waals surface area contributed by atoms with Crippen LogP contribution in [0.4, 0.5) is 15.8 Å². The van der Waals surface area contributed by atoms with E-state index in [1.165, 1.54) is 11.0 Å². The van der Waals surface area contributed by atoms with Gasteiger partial charge in [0.05, 0.1) is 18.7 Å². The maximum Gasteiger partial charge on any atom is 0.243 e. The van der Waals surface area contributed by atoms with E-state index in [0.29, 0.717) is 50.6 Å². The summed E-state index contributed by atoms with van der Waals surface area (Å²) in [5.74, 6) is -1.06. The number of carbonyl (C=O) groups is 3. The third-order valence-electron chi connectivity index (χ3n) is 6.37. The Morgan fingerprint density at radius 1 is 1.03 bits per heavy atom. The van der Waals surface area contributed by atoms with E-state index >= 15 is 0 Å². The molecule has 0 radical (unpaired) electrons. The third kappa shape index (κ3) is 5.53. The van der Waals surface area contributed by atoms with E-state index in [9.17, 15) is 18.8 Å². The van der Waals surface area contributed by atoms with Crippen LogP contribution in [0.25, 0.3) is 0 Å². The van der Waals surface area contributed by atoms with Crippen LogP contribution in [0.3, 0.4) is 0 Å². The average Bonchev–Trinajstić information content (AvgIpc) is 2.83. The van der Waals surface area contributed by atoms with Gasteiger partial charge in [-0.25, -0.2) is 4.39 Å². The zero-order valence-electron chi connectivity index (χ0n) is 19.3. The molecule has 0 unspecified atom stereocenters. The highest BCUT2D eigenvalue weighted by molar-refractivity contribution is 5.98. The zero-order valence-corrected chi connectivity index (χ0v) is 19.3. The summed E-state index contributed by atoms with van der Waals surface area (Å²) in [5, 5.41) is 5.60. The van der Waals surface area contributed by atoms with Crippen molar-refractivity contribution in [1.82, 2.24) is 15.1 Å². The molecule has 2 fully saturated rings. The molecule has 2 N–H and O–H groups in total. The molecule has 1 atom stereocenters. The second-order valence-electron chi connectivity index (χ2n) is 8.68. The van der Waals surface area contributed by atoms with Gasteiger partial charge in [-0.1, -0.05) is 30.3 Å². The van der Waals surface area contributed by atoms with Gasteiger partial charge in [-0.15, -0.1) is 0 Å². The van der Waals surface area contributed by atoms with Crippen LogP contribution in [0.15, 0.2) is 48.5 Å². The fourth-order valence-electron chi connectivity index (χ4n) is 4.44. The van der Waals surface area contributed by atoms with Gasteiger partial charge in [-0.05, 0) is 30.7 Å². The summed E-state index contributed by atoms with van der Waals surface area (Å²) in [6, 6.07) is 13.3. The molecule has 2 aliphatic rings. The number of amides is 3. The number of halogens is 1. The largest absolute Gasteiger partial charge is 0.367 e. The maximum atomic E-state index is 14.1. The molecule has 2 aromatic carbocycles. The van der Waals surface area contributed by atoms with Crippen molar-refractivity contribution in [3.63, 3.8) is 0 Å². The summed E-state index contributed by atoms with van der Waals surface area (Å²) in [6.07, 6.45) is -0.104. The first-order valence-corrected chi connectivity index (χ1v) is 11.6. The van der Waals surface area contributed by atoms with E-state index in [0.717, 1.165) is 5.56 Å². The molecule has 4 rings (SSSR count). The smallest absolute Gasteiger partial charge is 0.243 e. The minimum atomic E-state index is -0.843. The molecule has 2 saturated heterocycles. The van der Waals surface area contributed by atoms with Gasteiger partial charge in [0.1, 0.15) is 11.9 Å². The molecule has 8 nitrogen and oxygen atoms in total. The van der Waals surface area contributed by atoms with Crippen molar-refractivity contribution in [2.24, 2.45) is 0 Å². The highest BCUT2D eigenvalue weighted by atomic mass is 19.1. The Morgan fingerprint density at radius 3 is 2.47 bits per heavy atom. The van der Waals surface area contributed by atoms with Crippen LogP contribution in [0.1, 0.15) is 12.0 Å². The Morgan fingerprint density at radius 2 is 1.74 bits per heavy atom. The number of nitrogens with zero attached hydrogens (tertiary/aromatic N) is 3. The summed E-state index contributed by atoms with van der Waals surface area (Å²) in [5.41, 5.74) is 2.18. The molecule has 34 heavy (non-hydrogen) atoms. The van der Waals surface area contributed by atoms with Gasteiger partial charge < -0.3 is 20.4 Å². The van der Waals surface area contributed by atoms with Crippen LogP contribution in [0, 0.1) is 12.7 Å². The van der Waals surface area contributed by atoms with Gasteiger partial charge in [0.2, 0.25) is 17.7 Å². The number of anilines is 2. The van der Waals surface area contributed by atoms with Crippen molar-refractivity contribution >= 4 is 29.1 Å². The van der Waals surface area contributed by atoms with Crippen LogP contribution < -0.4 is 15.5 Å². The monoisotopic (exact) mass is 467 g/mol. The van der Waals surface area contributed by atoms with Crippen molar-refractivity contribution in [2.45, 2.75) is 19.4 Å². The number of hydrogen-bond acceptors (Lipinski definition) is 5. The van der Waals surface area contributed by atoms with Gasteiger partial charge in [0.25, 0.3) is 0 Å². The van der Waals surface area contributed by atoms with E-state index in [2.05, 4.69) is 10.6 Å². The van der Waals surface area contributed by atoms with Crippen LogP contribution >= 0.6 is 0 Å². The molecule has 9 heteroatoms. The van der Waals surface area contributed by atoms with Crippen molar-refractivity contribution in [2.75, 3.05) is 56.0 Å². The fourth-order valence-corrected chi connectivity index (χ4v) is 4.44. The van der Waals surface area contributed by atoms with Crippen LogP contribution in [-0.4, -0.2) is 79.4 Å². The highest BCUT2D eigenvalue weighted by Gasteiger charge is 2.35. The van der Waals surface area contributed by atoms with E-state index in [1.54, 1.807) is 18.2 Å². The Balaban J connectivity index is 1.34. The van der Waals surface area contributed by atoms with Crippen molar-refractivity contribution in [3.8, 4) is 0 Å². The van der Waals surface area contributed by atoms with Gasteiger partial charge in [-0.3, -0.25) is 19.3 Å². The first-order valence-electron chi connectivity index (χ1n) is 11.6. The summed E-state index contributed by atoms with van der Waals surface area (Å²) < 4.78 is 14.1. The van der Waals surface area contributed by atoms with Gasteiger partial charge in [0.15, 0.2) is 0 Å². The molecule has 2 heterocycles. The number of rotatable bonds is 6. The van der Waals surface area contributed by atoms with Crippen LogP contribution in [-0.2, 0) is 14.4 Å². The quantitative estimate of drug-likeness (QED) is 0.675. The van der Waals surface area contributed by atoms with Crippen LogP contribution in [0.5, 0.6) is 0 Å². The number of aryl methyl sites for hydroxylation is 1. The lowest BCUT2D eigenvalue weighted by Crippen LogP contribution is -2.60. The van der Waals surface area contributed by atoms with Crippen molar-refractivity contribution < 1.29 is 18.8 Å². The predicted octanol–water partition coefficient (Wildman–Crippen LogP) is 1.61. The van der Waals surface area contributed by atoms with Gasteiger partial charge in [0, 0.05) is 45.0 Å². The maximum absolute atomic E-state index is 14.1. The summed E-state index contributed by atoms with van der Waals surface area (Å²) in [7, 11) is 0. The van der Waals surface area contributed by atoms with Crippen molar-refractivity contribution in [1.29, 1.82) is 0 Å².